The molecule has 0 aliphatic carbocycles. The Morgan fingerprint density at radius 1 is 1.31 bits per heavy atom. The molecule has 1 unspecified atom stereocenters. The number of guanidine groups is 1. The van der Waals surface area contributed by atoms with Crippen molar-refractivity contribution < 1.29 is 14.2 Å². The number of halogens is 1. The third-order valence-electron chi connectivity index (χ3n) is 4.21. The highest BCUT2D eigenvalue weighted by Crippen LogP contribution is 2.28. The van der Waals surface area contributed by atoms with Gasteiger partial charge in [0.2, 0.25) is 0 Å². The maximum Gasteiger partial charge on any atom is 0.191 e. The SMILES string of the molecule is CCOc1cc(CCCNC(=NC)NCC2CCCO2)ccc1OC.I. The lowest BCUT2D eigenvalue weighted by Gasteiger charge is -2.15. The van der Waals surface area contributed by atoms with E-state index in [2.05, 4.69) is 27.8 Å². The summed E-state index contributed by atoms with van der Waals surface area (Å²) in [4.78, 5) is 4.26. The molecule has 1 fully saturated rings. The Bertz CT molecular complexity index is 549. The molecule has 1 aromatic rings. The van der Waals surface area contributed by atoms with Crippen LogP contribution in [0.1, 0.15) is 31.7 Å². The van der Waals surface area contributed by atoms with Gasteiger partial charge in [0.1, 0.15) is 0 Å². The molecular weight excluding hydrogens is 445 g/mol. The van der Waals surface area contributed by atoms with E-state index in [1.807, 2.05) is 13.0 Å². The van der Waals surface area contributed by atoms with Crippen molar-refractivity contribution in [2.75, 3.05) is 40.5 Å². The summed E-state index contributed by atoms with van der Waals surface area (Å²) in [5.74, 6) is 2.42. The molecule has 7 heteroatoms. The zero-order chi connectivity index (χ0) is 17.9. The van der Waals surface area contributed by atoms with Crippen LogP contribution in [0.5, 0.6) is 11.5 Å². The topological polar surface area (TPSA) is 64.1 Å². The van der Waals surface area contributed by atoms with Crippen LogP contribution < -0.4 is 20.1 Å². The molecule has 2 rings (SSSR count). The molecular formula is C19H32IN3O3. The van der Waals surface area contributed by atoms with Gasteiger partial charge < -0.3 is 24.8 Å². The Morgan fingerprint density at radius 2 is 2.15 bits per heavy atom. The Hall–Kier alpha value is -1.22. The Kier molecular flexibility index (Phi) is 11.4. The van der Waals surface area contributed by atoms with Gasteiger partial charge in [-0.25, -0.2) is 0 Å². The fourth-order valence-electron chi connectivity index (χ4n) is 2.88. The Labute approximate surface area is 174 Å². The molecule has 0 saturated carbocycles. The molecule has 1 heterocycles. The molecule has 148 valence electrons. The van der Waals surface area contributed by atoms with Gasteiger partial charge in [0.25, 0.3) is 0 Å². The minimum Gasteiger partial charge on any atom is -0.493 e. The lowest BCUT2D eigenvalue weighted by atomic mass is 10.1. The maximum atomic E-state index is 5.63. The van der Waals surface area contributed by atoms with Crippen molar-refractivity contribution in [1.29, 1.82) is 0 Å². The van der Waals surface area contributed by atoms with E-state index in [1.165, 1.54) is 5.56 Å². The molecule has 0 aromatic heterocycles. The summed E-state index contributed by atoms with van der Waals surface area (Å²) in [6, 6.07) is 6.12. The smallest absolute Gasteiger partial charge is 0.191 e. The Morgan fingerprint density at radius 3 is 2.81 bits per heavy atom. The molecule has 1 atom stereocenters. The van der Waals surface area contributed by atoms with E-state index in [0.29, 0.717) is 12.7 Å². The number of nitrogens with one attached hydrogen (secondary N) is 2. The van der Waals surface area contributed by atoms with Crippen LogP contribution in [0.15, 0.2) is 23.2 Å². The van der Waals surface area contributed by atoms with Gasteiger partial charge in [-0.1, -0.05) is 6.07 Å². The molecule has 0 amide bonds. The van der Waals surface area contributed by atoms with Gasteiger partial charge in [-0.05, 0) is 50.3 Å². The minimum atomic E-state index is 0. The first kappa shape index (κ1) is 22.8. The highest BCUT2D eigenvalue weighted by Gasteiger charge is 2.15. The van der Waals surface area contributed by atoms with Crippen LogP contribution in [0, 0.1) is 0 Å². The maximum absolute atomic E-state index is 5.63. The summed E-state index contributed by atoms with van der Waals surface area (Å²) in [5.41, 5.74) is 1.24. The molecule has 6 nitrogen and oxygen atoms in total. The summed E-state index contributed by atoms with van der Waals surface area (Å²) < 4.78 is 16.6. The largest absolute Gasteiger partial charge is 0.493 e. The van der Waals surface area contributed by atoms with Gasteiger partial charge in [0.15, 0.2) is 17.5 Å². The fourth-order valence-corrected chi connectivity index (χ4v) is 2.88. The third-order valence-corrected chi connectivity index (χ3v) is 4.21. The van der Waals surface area contributed by atoms with Crippen molar-refractivity contribution in [2.24, 2.45) is 4.99 Å². The lowest BCUT2D eigenvalue weighted by Crippen LogP contribution is -2.41. The number of aliphatic imine (C=N–C) groups is 1. The van der Waals surface area contributed by atoms with E-state index < -0.39 is 0 Å². The molecule has 1 aliphatic rings. The molecule has 26 heavy (non-hydrogen) atoms. The predicted octanol–water partition coefficient (Wildman–Crippen LogP) is 2.99. The lowest BCUT2D eigenvalue weighted by molar-refractivity contribution is 0.114. The summed E-state index contributed by atoms with van der Waals surface area (Å²) in [5, 5.41) is 6.68. The Balaban J connectivity index is 0.00000338. The number of ether oxygens (including phenoxy) is 3. The minimum absolute atomic E-state index is 0. The zero-order valence-corrected chi connectivity index (χ0v) is 18.4. The van der Waals surface area contributed by atoms with Crippen molar-refractivity contribution >= 4 is 29.9 Å². The van der Waals surface area contributed by atoms with Crippen LogP contribution in [0.3, 0.4) is 0 Å². The standard InChI is InChI=1S/C19H31N3O3.HI/c1-4-24-18-13-15(9-10-17(18)23-3)7-5-11-21-19(20-2)22-14-16-8-6-12-25-16;/h9-10,13,16H,4-8,11-12,14H2,1-3H3,(H2,20,21,22);1H. The number of aryl methyl sites for hydroxylation is 1. The monoisotopic (exact) mass is 477 g/mol. The normalized spacial score (nSPS) is 16.7. The highest BCUT2D eigenvalue weighted by molar-refractivity contribution is 14.0. The second-order valence-corrected chi connectivity index (χ2v) is 6.04. The predicted molar refractivity (Wildman–Crippen MR) is 116 cm³/mol. The number of hydrogen-bond acceptors (Lipinski definition) is 4. The van der Waals surface area contributed by atoms with Gasteiger partial charge in [-0.2, -0.15) is 0 Å². The van der Waals surface area contributed by atoms with Crippen LogP contribution in [0.2, 0.25) is 0 Å². The van der Waals surface area contributed by atoms with Gasteiger partial charge in [0, 0.05) is 26.7 Å². The van der Waals surface area contributed by atoms with Crippen molar-refractivity contribution in [1.82, 2.24) is 10.6 Å². The van der Waals surface area contributed by atoms with Crippen molar-refractivity contribution in [2.45, 2.75) is 38.7 Å². The van der Waals surface area contributed by atoms with Crippen molar-refractivity contribution in [3.8, 4) is 11.5 Å². The van der Waals surface area contributed by atoms with Crippen LogP contribution in [0.4, 0.5) is 0 Å². The third kappa shape index (κ3) is 7.57. The summed E-state index contributed by atoms with van der Waals surface area (Å²) in [6.07, 6.45) is 4.58. The number of benzene rings is 1. The summed E-state index contributed by atoms with van der Waals surface area (Å²) in [7, 11) is 3.46. The first-order valence-corrected chi connectivity index (χ1v) is 9.12. The average Bonchev–Trinajstić information content (AvgIpc) is 3.15. The van der Waals surface area contributed by atoms with Gasteiger partial charge >= 0.3 is 0 Å². The summed E-state index contributed by atoms with van der Waals surface area (Å²) in [6.45, 7) is 5.17. The zero-order valence-electron chi connectivity index (χ0n) is 16.0. The molecule has 0 spiro atoms. The van der Waals surface area contributed by atoms with E-state index >= 15 is 0 Å². The van der Waals surface area contributed by atoms with Crippen molar-refractivity contribution in [3.05, 3.63) is 23.8 Å². The first-order chi connectivity index (χ1) is 12.3. The van der Waals surface area contributed by atoms with Gasteiger partial charge in [-0.15, -0.1) is 24.0 Å². The number of hydrogen-bond donors (Lipinski definition) is 2. The van der Waals surface area contributed by atoms with E-state index in [0.717, 1.165) is 62.8 Å². The van der Waals surface area contributed by atoms with Crippen LogP contribution in [-0.2, 0) is 11.2 Å². The highest BCUT2D eigenvalue weighted by atomic mass is 127. The molecule has 0 radical (unpaired) electrons. The quantitative estimate of drug-likeness (QED) is 0.248. The summed E-state index contributed by atoms with van der Waals surface area (Å²) >= 11 is 0. The van der Waals surface area contributed by atoms with Crippen LogP contribution >= 0.6 is 24.0 Å². The van der Waals surface area contributed by atoms with Crippen molar-refractivity contribution in [3.63, 3.8) is 0 Å². The average molecular weight is 477 g/mol. The second kappa shape index (κ2) is 13.0. The number of nitrogens with zero attached hydrogens (tertiary/aromatic N) is 1. The molecule has 0 bridgehead atoms. The number of rotatable bonds is 9. The van der Waals surface area contributed by atoms with E-state index in [-0.39, 0.29) is 24.0 Å². The number of methoxy groups -OCH3 is 1. The van der Waals surface area contributed by atoms with Crippen LogP contribution in [-0.4, -0.2) is 52.5 Å². The molecule has 1 saturated heterocycles. The first-order valence-electron chi connectivity index (χ1n) is 9.12. The molecule has 1 aromatic carbocycles. The van der Waals surface area contributed by atoms with E-state index in [9.17, 15) is 0 Å². The molecule has 2 N–H and O–H groups in total. The van der Waals surface area contributed by atoms with Gasteiger partial charge in [-0.3, -0.25) is 4.99 Å². The molecule has 1 aliphatic heterocycles. The second-order valence-electron chi connectivity index (χ2n) is 6.04. The van der Waals surface area contributed by atoms with E-state index in [4.69, 9.17) is 14.2 Å². The van der Waals surface area contributed by atoms with Gasteiger partial charge in [0.05, 0.1) is 19.8 Å². The van der Waals surface area contributed by atoms with Crippen LogP contribution in [0.25, 0.3) is 0 Å². The fraction of sp³-hybridized carbons (Fsp3) is 0.632. The van der Waals surface area contributed by atoms with E-state index in [1.54, 1.807) is 14.2 Å².